The summed E-state index contributed by atoms with van der Waals surface area (Å²) in [7, 11) is -3.52. The third kappa shape index (κ3) is 7.13. The van der Waals surface area contributed by atoms with Gasteiger partial charge in [0, 0.05) is 26.6 Å². The van der Waals surface area contributed by atoms with Gasteiger partial charge < -0.3 is 25.7 Å². The van der Waals surface area contributed by atoms with E-state index in [0.717, 1.165) is 21.2 Å². The maximum Gasteiger partial charge on any atom is 0.338 e. The molecule has 1 aliphatic heterocycles. The lowest BCUT2D eigenvalue weighted by Gasteiger charge is -2.39. The van der Waals surface area contributed by atoms with Gasteiger partial charge in [-0.25, -0.2) is 4.79 Å². The number of carbonyl (C=O) groups is 4. The van der Waals surface area contributed by atoms with Gasteiger partial charge >= 0.3 is 13.6 Å². The molecular weight excluding hydrogens is 531 g/mol. The zero-order valence-electron chi connectivity index (χ0n) is 21.0. The van der Waals surface area contributed by atoms with Crippen molar-refractivity contribution in [2.75, 3.05) is 20.1 Å². The highest BCUT2D eigenvalue weighted by molar-refractivity contribution is 7.89. The second-order valence-corrected chi connectivity index (χ2v) is 12.0. The van der Waals surface area contributed by atoms with Gasteiger partial charge in [0.15, 0.2) is 0 Å². The molecule has 2 aromatic carbocycles. The SMILES string of the molecule is CNC(=O)CC(C(=O)N1CCCCC1C(=O)N(CCc1ccc2ccccc2c1)C(N)=O)C(S)P(=O)(O)O. The number of nitrogens with two attached hydrogens (primary N) is 1. The minimum absolute atomic E-state index is 0.00954. The van der Waals surface area contributed by atoms with Crippen LogP contribution in [0.4, 0.5) is 4.79 Å². The molecule has 0 aromatic heterocycles. The Kier molecular flexibility index (Phi) is 9.94. The number of nitrogens with zero attached hydrogens (tertiary/aromatic N) is 2. The summed E-state index contributed by atoms with van der Waals surface area (Å²) in [6.45, 7) is 0.114. The van der Waals surface area contributed by atoms with Gasteiger partial charge in [-0.3, -0.25) is 23.8 Å². The van der Waals surface area contributed by atoms with Crippen molar-refractivity contribution < 1.29 is 33.5 Å². The lowest BCUT2D eigenvalue weighted by Crippen LogP contribution is -2.57. The number of likely N-dealkylation sites (tertiary alicyclic amines) is 1. The molecule has 0 bridgehead atoms. The topological polar surface area (TPSA) is 170 Å². The molecule has 0 aliphatic carbocycles. The molecule has 1 aliphatic rings. The number of amides is 5. The third-order valence-corrected chi connectivity index (χ3v) is 9.06. The van der Waals surface area contributed by atoms with E-state index in [1.165, 1.54) is 11.9 Å². The van der Waals surface area contributed by atoms with Gasteiger partial charge in [0.1, 0.15) is 11.0 Å². The molecule has 0 spiro atoms. The first-order chi connectivity index (χ1) is 17.9. The smallest absolute Gasteiger partial charge is 0.338 e. The Bertz CT molecular complexity index is 1250. The average molecular weight is 565 g/mol. The molecule has 11 nitrogen and oxygen atoms in total. The van der Waals surface area contributed by atoms with Crippen LogP contribution in [-0.2, 0) is 25.4 Å². The number of primary amides is 1. The van der Waals surface area contributed by atoms with Crippen LogP contribution in [0.2, 0.25) is 0 Å². The van der Waals surface area contributed by atoms with Crippen molar-refractivity contribution in [3.05, 3.63) is 48.0 Å². The fourth-order valence-electron chi connectivity index (χ4n) is 4.67. The van der Waals surface area contributed by atoms with Crippen LogP contribution in [0.3, 0.4) is 0 Å². The molecule has 3 atom stereocenters. The summed E-state index contributed by atoms with van der Waals surface area (Å²) >= 11 is 3.97. The predicted molar refractivity (Wildman–Crippen MR) is 145 cm³/mol. The van der Waals surface area contributed by atoms with Crippen molar-refractivity contribution in [2.45, 2.75) is 43.1 Å². The molecule has 1 fully saturated rings. The quantitative estimate of drug-likeness (QED) is 0.229. The maximum atomic E-state index is 13.5. The van der Waals surface area contributed by atoms with Gasteiger partial charge in [-0.15, -0.1) is 0 Å². The number of hydrogen-bond donors (Lipinski definition) is 5. The summed E-state index contributed by atoms with van der Waals surface area (Å²) in [5, 5.41) is 4.41. The number of benzene rings is 2. The maximum absolute atomic E-state index is 13.5. The van der Waals surface area contributed by atoms with E-state index in [2.05, 4.69) is 17.9 Å². The monoisotopic (exact) mass is 564 g/mol. The van der Waals surface area contributed by atoms with Crippen LogP contribution < -0.4 is 11.1 Å². The summed E-state index contributed by atoms with van der Waals surface area (Å²) in [5.41, 5.74) is 6.46. The van der Waals surface area contributed by atoms with Gasteiger partial charge in [0.05, 0.1) is 5.92 Å². The number of piperidine rings is 1. The van der Waals surface area contributed by atoms with Gasteiger partial charge in [-0.2, -0.15) is 12.6 Å². The van der Waals surface area contributed by atoms with Gasteiger partial charge in [0.25, 0.3) is 5.91 Å². The fourth-order valence-corrected chi connectivity index (χ4v) is 5.60. The van der Waals surface area contributed by atoms with Crippen LogP contribution in [0.1, 0.15) is 31.2 Å². The molecule has 1 heterocycles. The molecule has 0 radical (unpaired) electrons. The fraction of sp³-hybridized carbons (Fsp3) is 0.440. The van der Waals surface area contributed by atoms with Crippen LogP contribution in [0.25, 0.3) is 10.8 Å². The molecule has 2 aromatic rings. The highest BCUT2D eigenvalue weighted by Crippen LogP contribution is 2.48. The molecule has 0 saturated carbocycles. The van der Waals surface area contributed by atoms with E-state index in [-0.39, 0.29) is 19.5 Å². The summed E-state index contributed by atoms with van der Waals surface area (Å²) < 4.78 is 11.9. The molecule has 5 N–H and O–H groups in total. The Morgan fingerprint density at radius 2 is 1.84 bits per heavy atom. The zero-order chi connectivity index (χ0) is 28.0. The molecular formula is C25H33N4O7PS. The largest absolute Gasteiger partial charge is 0.359 e. The number of imide groups is 1. The van der Waals surface area contributed by atoms with E-state index >= 15 is 0 Å². The molecule has 3 rings (SSSR count). The van der Waals surface area contributed by atoms with Gasteiger partial charge in [0.2, 0.25) is 11.8 Å². The molecule has 38 heavy (non-hydrogen) atoms. The number of thiol groups is 1. The van der Waals surface area contributed by atoms with Crippen LogP contribution in [-0.4, -0.2) is 74.5 Å². The molecule has 206 valence electrons. The lowest BCUT2D eigenvalue weighted by atomic mass is 9.96. The lowest BCUT2D eigenvalue weighted by molar-refractivity contribution is -0.149. The first-order valence-electron chi connectivity index (χ1n) is 12.3. The van der Waals surface area contributed by atoms with E-state index in [9.17, 15) is 33.5 Å². The molecule has 5 amide bonds. The minimum atomic E-state index is -4.86. The van der Waals surface area contributed by atoms with Crippen molar-refractivity contribution in [3.8, 4) is 0 Å². The Hall–Kier alpha value is -2.92. The van der Waals surface area contributed by atoms with Crippen molar-refractivity contribution in [1.29, 1.82) is 0 Å². The first kappa shape index (κ1) is 29.6. The highest BCUT2D eigenvalue weighted by Gasteiger charge is 2.44. The number of urea groups is 1. The van der Waals surface area contributed by atoms with E-state index in [1.54, 1.807) is 0 Å². The number of hydrogen-bond acceptors (Lipinski definition) is 6. The number of nitrogens with one attached hydrogen (secondary N) is 1. The Morgan fingerprint density at radius 1 is 1.16 bits per heavy atom. The molecule has 1 saturated heterocycles. The van der Waals surface area contributed by atoms with Crippen LogP contribution in [0, 0.1) is 5.92 Å². The Morgan fingerprint density at radius 3 is 2.47 bits per heavy atom. The average Bonchev–Trinajstić information content (AvgIpc) is 2.90. The predicted octanol–water partition coefficient (Wildman–Crippen LogP) is 1.86. The van der Waals surface area contributed by atoms with Crippen LogP contribution in [0.15, 0.2) is 42.5 Å². The normalized spacial score (nSPS) is 17.5. The Balaban J connectivity index is 1.82. The number of rotatable bonds is 9. The molecule has 3 unspecified atom stereocenters. The Labute approximate surface area is 226 Å². The second kappa shape index (κ2) is 12.8. The third-order valence-electron chi connectivity index (χ3n) is 6.75. The summed E-state index contributed by atoms with van der Waals surface area (Å²) in [6, 6.07) is 11.6. The minimum Gasteiger partial charge on any atom is -0.359 e. The number of fused-ring (bicyclic) bond motifs is 1. The van der Waals surface area contributed by atoms with E-state index in [4.69, 9.17) is 5.73 Å². The zero-order valence-corrected chi connectivity index (χ0v) is 22.8. The van der Waals surface area contributed by atoms with Crippen molar-refractivity contribution >= 4 is 54.7 Å². The van der Waals surface area contributed by atoms with E-state index in [0.29, 0.717) is 19.3 Å². The van der Waals surface area contributed by atoms with Gasteiger partial charge in [-0.1, -0.05) is 42.5 Å². The first-order valence-corrected chi connectivity index (χ1v) is 14.5. The standard InChI is InChI=1S/C25H33N4O7PS/c1-27-21(30)15-19(24(38)37(34,35)36)22(31)28-12-5-4-8-20(28)23(32)29(25(26)33)13-11-16-9-10-17-6-2-3-7-18(17)14-16/h2-3,6-7,9-10,14,19-20,24,38H,4-5,8,11-13,15H2,1H3,(H2,26,33)(H,27,30)(H2,34,35,36). The van der Waals surface area contributed by atoms with Crippen LogP contribution >= 0.6 is 20.2 Å². The highest BCUT2D eigenvalue weighted by atomic mass is 32.1. The second-order valence-electron chi connectivity index (χ2n) is 9.29. The van der Waals surface area contributed by atoms with Crippen molar-refractivity contribution in [2.24, 2.45) is 11.7 Å². The summed E-state index contributed by atoms with van der Waals surface area (Å²) in [4.78, 5) is 71.1. The van der Waals surface area contributed by atoms with E-state index in [1.807, 2.05) is 42.5 Å². The van der Waals surface area contributed by atoms with Crippen LogP contribution in [0.5, 0.6) is 0 Å². The van der Waals surface area contributed by atoms with Gasteiger partial charge in [-0.05, 0) is 42.0 Å². The van der Waals surface area contributed by atoms with E-state index < -0.39 is 54.7 Å². The molecule has 13 heteroatoms. The summed E-state index contributed by atoms with van der Waals surface area (Å²) in [6.07, 6.45) is 1.21. The number of carbonyl (C=O) groups excluding carboxylic acids is 4. The van der Waals surface area contributed by atoms with Crippen molar-refractivity contribution in [3.63, 3.8) is 0 Å². The van der Waals surface area contributed by atoms with Crippen molar-refractivity contribution in [1.82, 2.24) is 15.1 Å². The summed E-state index contributed by atoms with van der Waals surface area (Å²) in [5.74, 6) is -3.54.